The minimum atomic E-state index is -0.303. The highest BCUT2D eigenvalue weighted by Gasteiger charge is 2.16. The maximum absolute atomic E-state index is 12.1. The average molecular weight is 273 g/mol. The average Bonchev–Trinajstić information content (AvgIpc) is 2.78. The highest BCUT2D eigenvalue weighted by atomic mass is 16.2. The van der Waals surface area contributed by atoms with E-state index in [4.69, 9.17) is 0 Å². The van der Waals surface area contributed by atoms with Gasteiger partial charge in [-0.1, -0.05) is 18.2 Å². The molecule has 0 fully saturated rings. The first kappa shape index (κ1) is 14.1. The van der Waals surface area contributed by atoms with Crippen molar-refractivity contribution in [3.05, 3.63) is 36.0 Å². The van der Waals surface area contributed by atoms with E-state index in [1.165, 1.54) is 0 Å². The van der Waals surface area contributed by atoms with Crippen molar-refractivity contribution < 1.29 is 9.59 Å². The lowest BCUT2D eigenvalue weighted by Gasteiger charge is -2.20. The summed E-state index contributed by atoms with van der Waals surface area (Å²) < 4.78 is 0. The van der Waals surface area contributed by atoms with Crippen LogP contribution in [0.1, 0.15) is 31.1 Å². The lowest BCUT2D eigenvalue weighted by molar-refractivity contribution is -0.121. The van der Waals surface area contributed by atoms with Crippen LogP contribution in [0.25, 0.3) is 10.9 Å². The predicted octanol–water partition coefficient (Wildman–Crippen LogP) is 1.81. The van der Waals surface area contributed by atoms with Gasteiger partial charge < -0.3 is 15.6 Å². The van der Waals surface area contributed by atoms with Crippen molar-refractivity contribution in [1.82, 2.24) is 15.6 Å². The number of fused-ring (bicyclic) bond motifs is 1. The molecule has 0 atom stereocenters. The van der Waals surface area contributed by atoms with Crippen LogP contribution in [0.4, 0.5) is 0 Å². The Bertz CT molecular complexity index is 638. The maximum Gasteiger partial charge on any atom is 0.253 e. The van der Waals surface area contributed by atoms with Crippen molar-refractivity contribution in [2.75, 3.05) is 6.54 Å². The monoisotopic (exact) mass is 273 g/mol. The number of rotatable bonds is 3. The van der Waals surface area contributed by atoms with Crippen LogP contribution in [0, 0.1) is 0 Å². The summed E-state index contributed by atoms with van der Waals surface area (Å²) in [6, 6.07) is 7.55. The zero-order valence-corrected chi connectivity index (χ0v) is 11.9. The fourth-order valence-electron chi connectivity index (χ4n) is 1.98. The van der Waals surface area contributed by atoms with Gasteiger partial charge in [0, 0.05) is 22.6 Å². The van der Waals surface area contributed by atoms with E-state index in [2.05, 4.69) is 15.6 Å². The zero-order valence-electron chi connectivity index (χ0n) is 11.9. The molecule has 0 aliphatic carbocycles. The van der Waals surface area contributed by atoms with Crippen LogP contribution in [0.15, 0.2) is 30.5 Å². The number of nitrogens with one attached hydrogen (secondary N) is 3. The van der Waals surface area contributed by atoms with Crippen LogP contribution in [0.5, 0.6) is 0 Å². The molecule has 2 aromatic rings. The number of benzene rings is 1. The molecule has 0 aliphatic rings. The Morgan fingerprint density at radius 2 is 1.90 bits per heavy atom. The molecule has 3 N–H and O–H groups in total. The van der Waals surface area contributed by atoms with E-state index in [0.29, 0.717) is 5.56 Å². The van der Waals surface area contributed by atoms with Crippen LogP contribution in [0.3, 0.4) is 0 Å². The molecular weight excluding hydrogens is 254 g/mol. The molecule has 1 heterocycles. The van der Waals surface area contributed by atoms with Crippen molar-refractivity contribution in [2.45, 2.75) is 26.3 Å². The van der Waals surface area contributed by atoms with Crippen molar-refractivity contribution in [3.63, 3.8) is 0 Å². The number of para-hydroxylation sites is 1. The molecule has 5 heteroatoms. The van der Waals surface area contributed by atoms with Gasteiger partial charge in [0.2, 0.25) is 5.91 Å². The lowest BCUT2D eigenvalue weighted by atomic mass is 10.1. The van der Waals surface area contributed by atoms with Gasteiger partial charge in [-0.15, -0.1) is 0 Å². The quantitative estimate of drug-likeness (QED) is 0.798. The van der Waals surface area contributed by atoms with E-state index < -0.39 is 0 Å². The number of aromatic amines is 1. The molecule has 0 radical (unpaired) electrons. The second-order valence-electron chi connectivity index (χ2n) is 5.73. The van der Waals surface area contributed by atoms with Crippen LogP contribution < -0.4 is 10.6 Å². The Balaban J connectivity index is 2.01. The SMILES string of the molecule is CC(C)(C)NC(=O)CNC(=O)c1c[nH]c2ccccc12. The number of hydrogen-bond acceptors (Lipinski definition) is 2. The predicted molar refractivity (Wildman–Crippen MR) is 78.5 cm³/mol. The molecule has 0 saturated carbocycles. The second kappa shape index (κ2) is 5.36. The van der Waals surface area contributed by atoms with Gasteiger partial charge in [-0.3, -0.25) is 9.59 Å². The minimum Gasteiger partial charge on any atom is -0.360 e. The third-order valence-electron chi connectivity index (χ3n) is 2.76. The smallest absolute Gasteiger partial charge is 0.253 e. The minimum absolute atomic E-state index is 0.0321. The second-order valence-corrected chi connectivity index (χ2v) is 5.73. The number of aromatic nitrogens is 1. The maximum atomic E-state index is 12.1. The number of carbonyl (C=O) groups is 2. The first-order chi connectivity index (χ1) is 9.37. The topological polar surface area (TPSA) is 74.0 Å². The van der Waals surface area contributed by atoms with Gasteiger partial charge in [-0.2, -0.15) is 0 Å². The van der Waals surface area contributed by atoms with Crippen molar-refractivity contribution >= 4 is 22.7 Å². The molecule has 1 aromatic heterocycles. The van der Waals surface area contributed by atoms with Crippen LogP contribution >= 0.6 is 0 Å². The van der Waals surface area contributed by atoms with Crippen LogP contribution in [-0.4, -0.2) is 28.9 Å². The zero-order chi connectivity index (χ0) is 14.8. The molecule has 5 nitrogen and oxygen atoms in total. The number of hydrogen-bond donors (Lipinski definition) is 3. The number of amides is 2. The summed E-state index contributed by atoms with van der Waals surface area (Å²) in [6.45, 7) is 5.65. The van der Waals surface area contributed by atoms with E-state index in [-0.39, 0.29) is 23.9 Å². The summed E-state index contributed by atoms with van der Waals surface area (Å²) in [4.78, 5) is 26.8. The third kappa shape index (κ3) is 3.38. The molecule has 1 aromatic carbocycles. The molecule has 0 bridgehead atoms. The lowest BCUT2D eigenvalue weighted by Crippen LogP contribution is -2.45. The van der Waals surface area contributed by atoms with Gasteiger partial charge in [0.25, 0.3) is 5.91 Å². The molecule has 2 amide bonds. The van der Waals surface area contributed by atoms with Crippen LogP contribution in [-0.2, 0) is 4.79 Å². The molecule has 106 valence electrons. The molecule has 0 unspecified atom stereocenters. The number of carbonyl (C=O) groups excluding carboxylic acids is 2. The van der Waals surface area contributed by atoms with E-state index in [1.807, 2.05) is 45.0 Å². The van der Waals surface area contributed by atoms with Gasteiger partial charge >= 0.3 is 0 Å². The molecular formula is C15H19N3O2. The van der Waals surface area contributed by atoms with Gasteiger partial charge in [0.1, 0.15) is 0 Å². The summed E-state index contributed by atoms with van der Waals surface area (Å²) in [6.07, 6.45) is 1.65. The standard InChI is InChI=1S/C15H19N3O2/c1-15(2,3)18-13(19)9-17-14(20)11-8-16-12-7-5-4-6-10(11)12/h4-8,16H,9H2,1-3H3,(H,17,20)(H,18,19). The molecule has 0 spiro atoms. The van der Waals surface area contributed by atoms with Crippen LogP contribution in [0.2, 0.25) is 0 Å². The highest BCUT2D eigenvalue weighted by Crippen LogP contribution is 2.17. The summed E-state index contributed by atoms with van der Waals surface area (Å²) in [7, 11) is 0. The fourth-order valence-corrected chi connectivity index (χ4v) is 1.98. The van der Waals surface area contributed by atoms with E-state index in [1.54, 1.807) is 6.20 Å². The normalized spacial score (nSPS) is 11.3. The molecule has 20 heavy (non-hydrogen) atoms. The van der Waals surface area contributed by atoms with Gasteiger partial charge in [0.15, 0.2) is 0 Å². The Hall–Kier alpha value is -2.30. The Kier molecular flexibility index (Phi) is 3.79. The summed E-state index contributed by atoms with van der Waals surface area (Å²) in [5, 5.41) is 6.27. The van der Waals surface area contributed by atoms with Gasteiger partial charge in [-0.25, -0.2) is 0 Å². The Morgan fingerprint density at radius 1 is 1.20 bits per heavy atom. The van der Waals surface area contributed by atoms with E-state index in [0.717, 1.165) is 10.9 Å². The molecule has 0 aliphatic heterocycles. The third-order valence-corrected chi connectivity index (χ3v) is 2.76. The van der Waals surface area contributed by atoms with E-state index in [9.17, 15) is 9.59 Å². The fraction of sp³-hybridized carbons (Fsp3) is 0.333. The summed E-state index contributed by atoms with van der Waals surface area (Å²) in [5.41, 5.74) is 1.14. The van der Waals surface area contributed by atoms with Crippen molar-refractivity contribution in [3.8, 4) is 0 Å². The summed E-state index contributed by atoms with van der Waals surface area (Å²) >= 11 is 0. The first-order valence-corrected chi connectivity index (χ1v) is 6.52. The molecule has 0 saturated heterocycles. The van der Waals surface area contributed by atoms with E-state index >= 15 is 0 Å². The first-order valence-electron chi connectivity index (χ1n) is 6.52. The number of H-pyrrole nitrogens is 1. The van der Waals surface area contributed by atoms with Crippen molar-refractivity contribution in [1.29, 1.82) is 0 Å². The summed E-state index contributed by atoms with van der Waals surface area (Å²) in [5.74, 6) is -0.461. The highest BCUT2D eigenvalue weighted by molar-refractivity contribution is 6.07. The van der Waals surface area contributed by atoms with Gasteiger partial charge in [0.05, 0.1) is 12.1 Å². The molecule has 2 rings (SSSR count). The largest absolute Gasteiger partial charge is 0.360 e. The van der Waals surface area contributed by atoms with Crippen molar-refractivity contribution in [2.24, 2.45) is 0 Å². The van der Waals surface area contributed by atoms with Gasteiger partial charge in [-0.05, 0) is 26.8 Å². The Labute approximate surface area is 117 Å². The Morgan fingerprint density at radius 3 is 2.60 bits per heavy atom.